The van der Waals surface area contributed by atoms with Gasteiger partial charge in [0.15, 0.2) is 11.5 Å². The highest BCUT2D eigenvalue weighted by Gasteiger charge is 2.49. The van der Waals surface area contributed by atoms with E-state index in [1.807, 2.05) is 0 Å². The van der Waals surface area contributed by atoms with Crippen LogP contribution in [0.1, 0.15) is 12.5 Å². The number of carbonyl (C=O) groups excluding carboxylic acids is 2. The van der Waals surface area contributed by atoms with Crippen LogP contribution in [-0.2, 0) is 20.2 Å². The summed E-state index contributed by atoms with van der Waals surface area (Å²) in [5.74, 6) is 0.303. The van der Waals surface area contributed by atoms with Gasteiger partial charge in [-0.3, -0.25) is 9.69 Å². The highest BCUT2D eigenvalue weighted by atomic mass is 32.2. The largest absolute Gasteiger partial charge is 0.454 e. The number of nitrogens with one attached hydrogen (secondary N) is 1. The Hall–Kier alpha value is -2.29. The first-order valence-electron chi connectivity index (χ1n) is 6.93. The molecule has 1 aromatic carbocycles. The summed E-state index contributed by atoms with van der Waals surface area (Å²) < 4.78 is 33.0. The number of hydrogen-bond donors (Lipinski definition) is 1. The number of sulfone groups is 1. The number of ether oxygens (including phenoxy) is 2. The highest BCUT2D eigenvalue weighted by molar-refractivity contribution is 7.90. The summed E-state index contributed by atoms with van der Waals surface area (Å²) in [7, 11) is -3.28. The van der Waals surface area contributed by atoms with Gasteiger partial charge in [0.25, 0.3) is 5.91 Å². The van der Waals surface area contributed by atoms with E-state index in [1.54, 1.807) is 25.1 Å². The molecule has 3 rings (SSSR count). The second kappa shape index (κ2) is 5.12. The zero-order valence-corrected chi connectivity index (χ0v) is 13.5. The van der Waals surface area contributed by atoms with Crippen LogP contribution in [0.3, 0.4) is 0 Å². The van der Waals surface area contributed by atoms with E-state index in [0.717, 1.165) is 11.2 Å². The molecule has 1 unspecified atom stereocenters. The molecule has 1 atom stereocenters. The molecule has 2 aliphatic heterocycles. The standard InChI is InChI=1S/C14H16N2O6S/c1-14(9-3-4-10-11(7-9)22-8-21-10)12(17)16(13(18)15-14)5-6-23(2,19)20/h3-4,7H,5-6,8H2,1-2H3,(H,15,18). The molecule has 9 heteroatoms. The summed E-state index contributed by atoms with van der Waals surface area (Å²) in [6.45, 7) is 1.51. The number of imide groups is 1. The number of benzene rings is 1. The van der Waals surface area contributed by atoms with Crippen LogP contribution >= 0.6 is 0 Å². The zero-order valence-electron chi connectivity index (χ0n) is 12.7. The van der Waals surface area contributed by atoms with Gasteiger partial charge in [0.05, 0.1) is 5.75 Å². The third-order valence-corrected chi connectivity index (χ3v) is 4.83. The SMILES string of the molecule is CC1(c2ccc3c(c2)OCO3)NC(=O)N(CCS(C)(=O)=O)C1=O. The molecule has 8 nitrogen and oxygen atoms in total. The summed E-state index contributed by atoms with van der Waals surface area (Å²) in [5, 5.41) is 2.62. The molecule has 124 valence electrons. The van der Waals surface area contributed by atoms with Crippen LogP contribution in [0.5, 0.6) is 11.5 Å². The fourth-order valence-corrected chi connectivity index (χ4v) is 3.07. The number of hydrogen-bond acceptors (Lipinski definition) is 6. The van der Waals surface area contributed by atoms with Gasteiger partial charge in [-0.15, -0.1) is 0 Å². The molecule has 0 radical (unpaired) electrons. The lowest BCUT2D eigenvalue weighted by molar-refractivity contribution is -0.130. The predicted molar refractivity (Wildman–Crippen MR) is 79.9 cm³/mol. The monoisotopic (exact) mass is 340 g/mol. The molecule has 2 aliphatic rings. The lowest BCUT2D eigenvalue weighted by atomic mass is 9.91. The number of urea groups is 1. The molecule has 0 saturated carbocycles. The lowest BCUT2D eigenvalue weighted by Crippen LogP contribution is -2.41. The smallest absolute Gasteiger partial charge is 0.325 e. The van der Waals surface area contributed by atoms with E-state index in [4.69, 9.17) is 9.47 Å². The Morgan fingerprint density at radius 1 is 1.26 bits per heavy atom. The van der Waals surface area contributed by atoms with E-state index in [0.29, 0.717) is 17.1 Å². The molecule has 0 bridgehead atoms. The molecule has 1 saturated heterocycles. The maximum absolute atomic E-state index is 12.6. The lowest BCUT2D eigenvalue weighted by Gasteiger charge is -2.22. The topological polar surface area (TPSA) is 102 Å². The van der Waals surface area contributed by atoms with Gasteiger partial charge in [-0.05, 0) is 24.6 Å². The summed E-state index contributed by atoms with van der Waals surface area (Å²) in [5.41, 5.74) is -0.725. The van der Waals surface area contributed by atoms with Crippen LogP contribution < -0.4 is 14.8 Å². The van der Waals surface area contributed by atoms with Crippen molar-refractivity contribution in [1.82, 2.24) is 10.2 Å². The molecular formula is C14H16N2O6S. The van der Waals surface area contributed by atoms with E-state index < -0.39 is 27.3 Å². The second-order valence-corrected chi connectivity index (χ2v) is 7.97. The third-order valence-electron chi connectivity index (χ3n) is 3.91. The van der Waals surface area contributed by atoms with E-state index >= 15 is 0 Å². The molecular weight excluding hydrogens is 324 g/mol. The van der Waals surface area contributed by atoms with E-state index in [1.165, 1.54) is 0 Å². The van der Waals surface area contributed by atoms with Crippen molar-refractivity contribution in [3.63, 3.8) is 0 Å². The van der Waals surface area contributed by atoms with Crippen molar-refractivity contribution in [3.05, 3.63) is 23.8 Å². The van der Waals surface area contributed by atoms with Gasteiger partial charge in [0, 0.05) is 12.8 Å². The van der Waals surface area contributed by atoms with Crippen LogP contribution in [0.2, 0.25) is 0 Å². The molecule has 0 spiro atoms. The Kier molecular flexibility index (Phi) is 3.47. The molecule has 3 amide bonds. The Bertz CT molecular complexity index is 790. The molecule has 0 aromatic heterocycles. The van der Waals surface area contributed by atoms with Gasteiger partial charge in [-0.2, -0.15) is 0 Å². The Balaban J connectivity index is 1.87. The Morgan fingerprint density at radius 3 is 2.65 bits per heavy atom. The van der Waals surface area contributed by atoms with Gasteiger partial charge in [-0.25, -0.2) is 13.2 Å². The number of fused-ring (bicyclic) bond motifs is 1. The van der Waals surface area contributed by atoms with Crippen molar-refractivity contribution in [2.24, 2.45) is 0 Å². The van der Waals surface area contributed by atoms with Gasteiger partial charge < -0.3 is 14.8 Å². The minimum atomic E-state index is -3.28. The summed E-state index contributed by atoms with van der Waals surface area (Å²) in [4.78, 5) is 25.6. The molecule has 1 fully saturated rings. The minimum absolute atomic E-state index is 0.107. The van der Waals surface area contributed by atoms with E-state index in [2.05, 4.69) is 5.32 Å². The zero-order chi connectivity index (χ0) is 16.8. The molecule has 2 heterocycles. The van der Waals surface area contributed by atoms with E-state index in [-0.39, 0.29) is 19.1 Å². The number of amides is 3. The van der Waals surface area contributed by atoms with Crippen LogP contribution in [-0.4, -0.2) is 50.6 Å². The van der Waals surface area contributed by atoms with Crippen LogP contribution in [0.15, 0.2) is 18.2 Å². The van der Waals surface area contributed by atoms with Gasteiger partial charge in [-0.1, -0.05) is 6.07 Å². The van der Waals surface area contributed by atoms with E-state index in [9.17, 15) is 18.0 Å². The third kappa shape index (κ3) is 2.72. The summed E-state index contributed by atoms with van der Waals surface area (Å²) >= 11 is 0. The normalized spacial score (nSPS) is 23.3. The van der Waals surface area contributed by atoms with Gasteiger partial charge in [0.2, 0.25) is 6.79 Å². The Morgan fingerprint density at radius 2 is 1.96 bits per heavy atom. The minimum Gasteiger partial charge on any atom is -0.454 e. The van der Waals surface area contributed by atoms with Crippen LogP contribution in [0, 0.1) is 0 Å². The molecule has 23 heavy (non-hydrogen) atoms. The molecule has 1 N–H and O–H groups in total. The first kappa shape index (κ1) is 15.6. The quantitative estimate of drug-likeness (QED) is 0.787. The van der Waals surface area contributed by atoms with Gasteiger partial charge >= 0.3 is 6.03 Å². The second-order valence-electron chi connectivity index (χ2n) is 5.71. The predicted octanol–water partition coefficient (Wildman–Crippen LogP) is 0.227. The van der Waals surface area contributed by atoms with Crippen LogP contribution in [0.4, 0.5) is 4.79 Å². The fraction of sp³-hybridized carbons (Fsp3) is 0.429. The average Bonchev–Trinajstić information content (AvgIpc) is 3.00. The number of carbonyl (C=O) groups is 2. The fourth-order valence-electron chi connectivity index (χ4n) is 2.56. The molecule has 1 aromatic rings. The Labute approximate surface area is 133 Å². The first-order valence-corrected chi connectivity index (χ1v) is 8.99. The van der Waals surface area contributed by atoms with Crippen molar-refractivity contribution in [1.29, 1.82) is 0 Å². The van der Waals surface area contributed by atoms with Crippen molar-refractivity contribution in [2.45, 2.75) is 12.5 Å². The number of rotatable bonds is 4. The van der Waals surface area contributed by atoms with Gasteiger partial charge in [0.1, 0.15) is 15.4 Å². The van der Waals surface area contributed by atoms with Crippen molar-refractivity contribution >= 4 is 21.8 Å². The van der Waals surface area contributed by atoms with Crippen molar-refractivity contribution in [2.75, 3.05) is 25.3 Å². The molecule has 0 aliphatic carbocycles. The summed E-state index contributed by atoms with van der Waals surface area (Å²) in [6.07, 6.45) is 1.06. The maximum Gasteiger partial charge on any atom is 0.325 e. The highest BCUT2D eigenvalue weighted by Crippen LogP contribution is 2.37. The van der Waals surface area contributed by atoms with Crippen molar-refractivity contribution in [3.8, 4) is 11.5 Å². The average molecular weight is 340 g/mol. The summed E-state index contributed by atoms with van der Waals surface area (Å²) in [6, 6.07) is 4.37. The maximum atomic E-state index is 12.6. The van der Waals surface area contributed by atoms with Crippen LogP contribution in [0.25, 0.3) is 0 Å². The van der Waals surface area contributed by atoms with Crippen molar-refractivity contribution < 1.29 is 27.5 Å². The first-order chi connectivity index (χ1) is 10.7. The number of nitrogens with zero attached hydrogens (tertiary/aromatic N) is 1.